The SMILES string of the molecule is Cc1noc(CN(C)C(=O)CC[C@H]2CCCN(C)C2)n1. The Hall–Kier alpha value is -1.43. The molecule has 0 N–H and O–H groups in total. The molecule has 20 heavy (non-hydrogen) atoms. The zero-order valence-electron chi connectivity index (χ0n) is 12.6. The molecule has 1 fully saturated rings. The monoisotopic (exact) mass is 280 g/mol. The van der Waals surface area contributed by atoms with Gasteiger partial charge in [-0.05, 0) is 45.7 Å². The third-order valence-electron chi connectivity index (χ3n) is 3.86. The standard InChI is InChI=1S/C14H24N4O2/c1-11-15-13(20-16-11)10-18(3)14(19)7-6-12-5-4-8-17(2)9-12/h12H,4-10H2,1-3H3/t12-/m1/s1. The van der Waals surface area contributed by atoms with Crippen LogP contribution in [0.5, 0.6) is 0 Å². The Labute approximate surface area is 120 Å². The summed E-state index contributed by atoms with van der Waals surface area (Å²) < 4.78 is 5.03. The summed E-state index contributed by atoms with van der Waals surface area (Å²) >= 11 is 0. The topological polar surface area (TPSA) is 62.5 Å². The van der Waals surface area contributed by atoms with Crippen molar-refractivity contribution in [2.24, 2.45) is 5.92 Å². The molecule has 0 unspecified atom stereocenters. The number of rotatable bonds is 5. The van der Waals surface area contributed by atoms with E-state index in [1.165, 1.54) is 19.4 Å². The predicted molar refractivity (Wildman–Crippen MR) is 75.0 cm³/mol. The average molecular weight is 280 g/mol. The molecule has 1 saturated heterocycles. The molecule has 6 nitrogen and oxygen atoms in total. The minimum absolute atomic E-state index is 0.147. The highest BCUT2D eigenvalue weighted by Gasteiger charge is 2.19. The third-order valence-corrected chi connectivity index (χ3v) is 3.86. The number of aryl methyl sites for hydroxylation is 1. The van der Waals surface area contributed by atoms with Crippen LogP contribution in [-0.4, -0.2) is 53.0 Å². The summed E-state index contributed by atoms with van der Waals surface area (Å²) in [6.07, 6.45) is 4.05. The maximum absolute atomic E-state index is 12.1. The van der Waals surface area contributed by atoms with Crippen molar-refractivity contribution >= 4 is 5.91 Å². The second kappa shape index (κ2) is 6.83. The van der Waals surface area contributed by atoms with Crippen molar-refractivity contribution in [1.82, 2.24) is 19.9 Å². The smallest absolute Gasteiger partial charge is 0.246 e. The van der Waals surface area contributed by atoms with Crippen LogP contribution in [0.3, 0.4) is 0 Å². The van der Waals surface area contributed by atoms with Crippen LogP contribution in [0.1, 0.15) is 37.4 Å². The molecule has 1 aliphatic heterocycles. The lowest BCUT2D eigenvalue weighted by Crippen LogP contribution is -2.33. The molecule has 0 saturated carbocycles. The Morgan fingerprint density at radius 2 is 2.35 bits per heavy atom. The van der Waals surface area contributed by atoms with Gasteiger partial charge in [-0.1, -0.05) is 5.16 Å². The minimum atomic E-state index is 0.147. The lowest BCUT2D eigenvalue weighted by molar-refractivity contribution is -0.131. The summed E-state index contributed by atoms with van der Waals surface area (Å²) in [6.45, 7) is 4.46. The Morgan fingerprint density at radius 3 is 3.00 bits per heavy atom. The van der Waals surface area contributed by atoms with Crippen molar-refractivity contribution in [3.63, 3.8) is 0 Å². The van der Waals surface area contributed by atoms with Crippen molar-refractivity contribution in [3.8, 4) is 0 Å². The maximum Gasteiger partial charge on any atom is 0.246 e. The Bertz CT molecular complexity index is 446. The van der Waals surface area contributed by atoms with E-state index in [9.17, 15) is 4.79 Å². The van der Waals surface area contributed by atoms with Crippen LogP contribution in [0.15, 0.2) is 4.52 Å². The molecule has 1 amide bonds. The number of carbonyl (C=O) groups excluding carboxylic acids is 1. The first kappa shape index (κ1) is 15.0. The molecule has 0 aromatic carbocycles. The fourth-order valence-electron chi connectivity index (χ4n) is 2.72. The van der Waals surface area contributed by atoms with Gasteiger partial charge in [0.1, 0.15) is 0 Å². The van der Waals surface area contributed by atoms with Gasteiger partial charge in [-0.3, -0.25) is 4.79 Å². The number of aromatic nitrogens is 2. The third kappa shape index (κ3) is 4.30. The first-order chi connectivity index (χ1) is 9.54. The molecule has 1 aromatic rings. The van der Waals surface area contributed by atoms with E-state index in [1.54, 1.807) is 18.9 Å². The van der Waals surface area contributed by atoms with Crippen LogP contribution in [0, 0.1) is 12.8 Å². The molecule has 112 valence electrons. The first-order valence-corrected chi connectivity index (χ1v) is 7.26. The quantitative estimate of drug-likeness (QED) is 0.817. The van der Waals surface area contributed by atoms with Gasteiger partial charge < -0.3 is 14.3 Å². The zero-order chi connectivity index (χ0) is 14.5. The Morgan fingerprint density at radius 1 is 1.55 bits per heavy atom. The first-order valence-electron chi connectivity index (χ1n) is 7.26. The van der Waals surface area contributed by atoms with Gasteiger partial charge in [0.25, 0.3) is 0 Å². The van der Waals surface area contributed by atoms with Crippen LogP contribution in [-0.2, 0) is 11.3 Å². The van der Waals surface area contributed by atoms with E-state index in [0.717, 1.165) is 13.0 Å². The van der Waals surface area contributed by atoms with Crippen molar-refractivity contribution in [2.45, 2.75) is 39.2 Å². The van der Waals surface area contributed by atoms with Crippen molar-refractivity contribution < 1.29 is 9.32 Å². The zero-order valence-corrected chi connectivity index (χ0v) is 12.6. The van der Waals surface area contributed by atoms with Gasteiger partial charge in [0.05, 0.1) is 6.54 Å². The number of piperidine rings is 1. The van der Waals surface area contributed by atoms with Crippen LogP contribution in [0.4, 0.5) is 0 Å². The molecule has 2 heterocycles. The van der Waals surface area contributed by atoms with Crippen LogP contribution in [0.2, 0.25) is 0 Å². The van der Waals surface area contributed by atoms with E-state index in [4.69, 9.17) is 4.52 Å². The molecule has 1 aliphatic rings. The molecular weight excluding hydrogens is 256 g/mol. The van der Waals surface area contributed by atoms with Crippen molar-refractivity contribution in [1.29, 1.82) is 0 Å². The summed E-state index contributed by atoms with van der Waals surface area (Å²) in [4.78, 5) is 20.2. The van der Waals surface area contributed by atoms with E-state index in [2.05, 4.69) is 22.1 Å². The lowest BCUT2D eigenvalue weighted by atomic mass is 9.93. The van der Waals surface area contributed by atoms with Gasteiger partial charge in [0, 0.05) is 20.0 Å². The predicted octanol–water partition coefficient (Wildman–Crippen LogP) is 1.46. The second-order valence-corrected chi connectivity index (χ2v) is 5.79. The van der Waals surface area contributed by atoms with Gasteiger partial charge >= 0.3 is 0 Å². The van der Waals surface area contributed by atoms with E-state index >= 15 is 0 Å². The summed E-state index contributed by atoms with van der Waals surface area (Å²) in [5, 5.41) is 3.73. The van der Waals surface area contributed by atoms with Crippen LogP contribution >= 0.6 is 0 Å². The van der Waals surface area contributed by atoms with Gasteiger partial charge in [-0.2, -0.15) is 4.98 Å². The summed E-state index contributed by atoms with van der Waals surface area (Å²) in [7, 11) is 3.94. The second-order valence-electron chi connectivity index (χ2n) is 5.79. The van der Waals surface area contributed by atoms with Crippen LogP contribution in [0.25, 0.3) is 0 Å². The summed E-state index contributed by atoms with van der Waals surface area (Å²) in [5.74, 6) is 1.90. The molecular formula is C14H24N4O2. The number of hydrogen-bond acceptors (Lipinski definition) is 5. The summed E-state index contributed by atoms with van der Waals surface area (Å²) in [5.41, 5.74) is 0. The number of nitrogens with zero attached hydrogens (tertiary/aromatic N) is 4. The molecule has 1 aromatic heterocycles. The fourth-order valence-corrected chi connectivity index (χ4v) is 2.72. The largest absolute Gasteiger partial charge is 0.337 e. The van der Waals surface area contributed by atoms with E-state index in [1.807, 2.05) is 0 Å². The van der Waals surface area contributed by atoms with Gasteiger partial charge in [-0.15, -0.1) is 0 Å². The lowest BCUT2D eigenvalue weighted by Gasteiger charge is -2.29. The van der Waals surface area contributed by atoms with Gasteiger partial charge in [0.2, 0.25) is 11.8 Å². The van der Waals surface area contributed by atoms with Crippen molar-refractivity contribution in [3.05, 3.63) is 11.7 Å². The molecule has 2 rings (SSSR count). The van der Waals surface area contributed by atoms with Crippen molar-refractivity contribution in [2.75, 3.05) is 27.2 Å². The maximum atomic E-state index is 12.1. The molecule has 6 heteroatoms. The van der Waals surface area contributed by atoms with E-state index in [-0.39, 0.29) is 5.91 Å². The number of hydrogen-bond donors (Lipinski definition) is 0. The average Bonchev–Trinajstić information content (AvgIpc) is 2.81. The normalized spacial score (nSPS) is 20.1. The fraction of sp³-hybridized carbons (Fsp3) is 0.786. The number of amides is 1. The highest BCUT2D eigenvalue weighted by atomic mass is 16.5. The van der Waals surface area contributed by atoms with Gasteiger partial charge in [0.15, 0.2) is 5.82 Å². The molecule has 1 atom stereocenters. The highest BCUT2D eigenvalue weighted by Crippen LogP contribution is 2.20. The van der Waals surface area contributed by atoms with E-state index in [0.29, 0.717) is 30.6 Å². The summed E-state index contributed by atoms with van der Waals surface area (Å²) in [6, 6.07) is 0. The Balaban J connectivity index is 1.73. The molecule has 0 bridgehead atoms. The van der Waals surface area contributed by atoms with Crippen LogP contribution < -0.4 is 0 Å². The molecule has 0 radical (unpaired) electrons. The number of likely N-dealkylation sites (tertiary alicyclic amines) is 1. The highest BCUT2D eigenvalue weighted by molar-refractivity contribution is 5.75. The molecule has 0 spiro atoms. The molecule has 0 aliphatic carbocycles. The van der Waals surface area contributed by atoms with Gasteiger partial charge in [-0.25, -0.2) is 0 Å². The Kier molecular flexibility index (Phi) is 5.11. The van der Waals surface area contributed by atoms with E-state index < -0.39 is 0 Å². The number of carbonyl (C=O) groups is 1. The minimum Gasteiger partial charge on any atom is -0.337 e.